The van der Waals surface area contributed by atoms with E-state index in [1.54, 1.807) is 0 Å². The number of ketones is 1. The molecular weight excluding hydrogens is 487 g/mol. The van der Waals surface area contributed by atoms with Crippen molar-refractivity contribution in [2.24, 2.45) is 0 Å². The van der Waals surface area contributed by atoms with Gasteiger partial charge in [-0.2, -0.15) is 0 Å². The Kier molecular flexibility index (Phi) is 6.72. The van der Waals surface area contributed by atoms with Gasteiger partial charge in [-0.1, -0.05) is 23.2 Å². The van der Waals surface area contributed by atoms with Crippen LogP contribution in [0.15, 0.2) is 70.4 Å². The quantitative estimate of drug-likeness (QED) is 0.390. The Morgan fingerprint density at radius 3 is 2.21 bits per heavy atom. The summed E-state index contributed by atoms with van der Waals surface area (Å²) in [5.74, 6) is -1.41. The molecule has 0 aliphatic carbocycles. The van der Waals surface area contributed by atoms with E-state index < -0.39 is 47.5 Å². The second kappa shape index (κ2) is 9.55. The van der Waals surface area contributed by atoms with Gasteiger partial charge < -0.3 is 14.6 Å². The van der Waals surface area contributed by atoms with E-state index in [2.05, 4.69) is 4.98 Å². The van der Waals surface area contributed by atoms with E-state index in [1.165, 1.54) is 54.7 Å². The van der Waals surface area contributed by atoms with Gasteiger partial charge in [0.05, 0.1) is 5.56 Å². The predicted molar refractivity (Wildman–Crippen MR) is 122 cm³/mol. The Labute approximate surface area is 202 Å². The average Bonchev–Trinajstić information content (AvgIpc) is 3.15. The first-order valence-electron chi connectivity index (χ1n) is 10.1. The van der Waals surface area contributed by atoms with Gasteiger partial charge in [0.1, 0.15) is 18.9 Å². The summed E-state index contributed by atoms with van der Waals surface area (Å²) in [5, 5.41) is 12.3. The van der Waals surface area contributed by atoms with E-state index >= 15 is 0 Å². The minimum atomic E-state index is -2.14. The van der Waals surface area contributed by atoms with Gasteiger partial charge in [0.15, 0.2) is 11.4 Å². The van der Waals surface area contributed by atoms with Crippen molar-refractivity contribution in [3.63, 3.8) is 0 Å². The molecule has 0 radical (unpaired) electrons. The van der Waals surface area contributed by atoms with Crippen molar-refractivity contribution in [2.75, 3.05) is 6.61 Å². The zero-order valence-corrected chi connectivity index (χ0v) is 19.0. The minimum absolute atomic E-state index is 0.152. The second-order valence-electron chi connectivity index (χ2n) is 7.67. The van der Waals surface area contributed by atoms with Crippen molar-refractivity contribution in [3.05, 3.63) is 103 Å². The number of nitrogens with one attached hydrogen (secondary N) is 1. The van der Waals surface area contributed by atoms with E-state index in [0.717, 1.165) is 10.6 Å². The molecule has 0 unspecified atom stereocenters. The van der Waals surface area contributed by atoms with Crippen molar-refractivity contribution in [3.8, 4) is 0 Å². The number of nitrogens with zero attached hydrogens (tertiary/aromatic N) is 1. The number of Topliss-reactive ketones (excluding diaryl/α,β-unsaturated/α-hetero) is 1. The maximum Gasteiger partial charge on any atom is 0.338 e. The number of aromatic amines is 1. The summed E-state index contributed by atoms with van der Waals surface area (Å²) in [5.41, 5.74) is -3.17. The molecule has 4 rings (SSSR count). The fraction of sp³-hybridized carbons (Fsp3) is 0.217. The number of hydrogen-bond donors (Lipinski definition) is 2. The minimum Gasteiger partial charge on any atom is -0.459 e. The third-order valence-corrected chi connectivity index (χ3v) is 5.95. The molecular formula is C23H18Cl2N2O7. The number of benzene rings is 2. The van der Waals surface area contributed by atoms with Crippen LogP contribution in [0.3, 0.4) is 0 Å². The lowest BCUT2D eigenvalue weighted by Gasteiger charge is -2.26. The van der Waals surface area contributed by atoms with Crippen LogP contribution in [0.2, 0.25) is 10.0 Å². The highest BCUT2D eigenvalue weighted by molar-refractivity contribution is 6.31. The van der Waals surface area contributed by atoms with Gasteiger partial charge >= 0.3 is 11.7 Å². The molecule has 1 fully saturated rings. The Balaban J connectivity index is 1.62. The zero-order chi connectivity index (χ0) is 24.5. The predicted octanol–water partition coefficient (Wildman–Crippen LogP) is 2.60. The van der Waals surface area contributed by atoms with Crippen molar-refractivity contribution in [1.29, 1.82) is 0 Å². The van der Waals surface area contributed by atoms with E-state index in [1.807, 2.05) is 0 Å². The number of rotatable bonds is 6. The topological polar surface area (TPSA) is 128 Å². The van der Waals surface area contributed by atoms with Crippen LogP contribution in [0.4, 0.5) is 0 Å². The molecule has 1 saturated heterocycles. The van der Waals surface area contributed by atoms with Crippen LogP contribution in [-0.2, 0) is 9.47 Å². The third kappa shape index (κ3) is 4.83. The monoisotopic (exact) mass is 504 g/mol. The molecule has 9 nitrogen and oxygen atoms in total. The smallest absolute Gasteiger partial charge is 0.338 e. The van der Waals surface area contributed by atoms with Gasteiger partial charge in [-0.3, -0.25) is 19.1 Å². The van der Waals surface area contributed by atoms with Crippen molar-refractivity contribution >= 4 is 35.0 Å². The number of aromatic nitrogens is 2. The van der Waals surface area contributed by atoms with Crippen LogP contribution in [-0.4, -0.2) is 44.7 Å². The van der Waals surface area contributed by atoms with Crippen LogP contribution in [0.1, 0.15) is 33.4 Å². The Hall–Kier alpha value is -3.24. The number of aliphatic hydroxyl groups is 1. The number of carbonyl (C=O) groups is 2. The normalized spacial score (nSPS) is 21.9. The van der Waals surface area contributed by atoms with Crippen LogP contribution in [0.25, 0.3) is 0 Å². The zero-order valence-electron chi connectivity index (χ0n) is 17.4. The molecule has 0 spiro atoms. The van der Waals surface area contributed by atoms with Crippen molar-refractivity contribution in [1.82, 2.24) is 9.55 Å². The average molecular weight is 505 g/mol. The molecule has 34 heavy (non-hydrogen) atoms. The molecule has 1 aromatic heterocycles. The fourth-order valence-corrected chi connectivity index (χ4v) is 3.91. The van der Waals surface area contributed by atoms with E-state index in [0.29, 0.717) is 10.0 Å². The Morgan fingerprint density at radius 2 is 1.62 bits per heavy atom. The lowest BCUT2D eigenvalue weighted by molar-refractivity contribution is -0.0739. The summed E-state index contributed by atoms with van der Waals surface area (Å²) in [6.45, 7) is -0.480. The van der Waals surface area contributed by atoms with Gasteiger partial charge in [-0.25, -0.2) is 9.59 Å². The first-order chi connectivity index (χ1) is 16.2. The van der Waals surface area contributed by atoms with Gasteiger partial charge in [-0.15, -0.1) is 0 Å². The van der Waals surface area contributed by atoms with Crippen LogP contribution in [0, 0.1) is 0 Å². The number of hydrogen-bond acceptors (Lipinski definition) is 7. The Morgan fingerprint density at radius 1 is 1.03 bits per heavy atom. The fourth-order valence-electron chi connectivity index (χ4n) is 3.65. The van der Waals surface area contributed by atoms with Gasteiger partial charge in [0.25, 0.3) is 5.56 Å². The molecule has 1 aliphatic rings. The second-order valence-corrected chi connectivity index (χ2v) is 8.54. The molecule has 11 heteroatoms. The Bertz CT molecular complexity index is 1330. The molecule has 2 N–H and O–H groups in total. The number of H-pyrrole nitrogens is 1. The van der Waals surface area contributed by atoms with E-state index in [9.17, 15) is 24.3 Å². The highest BCUT2D eigenvalue weighted by atomic mass is 35.5. The summed E-state index contributed by atoms with van der Waals surface area (Å²) < 4.78 is 12.1. The summed E-state index contributed by atoms with van der Waals surface area (Å²) >= 11 is 11.7. The van der Waals surface area contributed by atoms with Gasteiger partial charge in [0, 0.05) is 34.3 Å². The SMILES string of the molecule is O=C(OC[C@H]1O[C@@H](n2ccc(=O)[nH]c2=O)C[C@@]1(O)C(=O)c1ccc(Cl)cc1)c1ccc(Cl)cc1. The first-order valence-corrected chi connectivity index (χ1v) is 10.9. The highest BCUT2D eigenvalue weighted by Gasteiger charge is 2.54. The molecule has 2 aromatic carbocycles. The van der Waals surface area contributed by atoms with Gasteiger partial charge in [0.2, 0.25) is 0 Å². The lowest BCUT2D eigenvalue weighted by atomic mass is 9.86. The standard InChI is InChI=1S/C23H18Cl2N2O7/c24-15-5-1-13(2-6-15)20(29)23(32)11-19(27-10-9-18(28)26-22(27)31)34-17(23)12-33-21(30)14-3-7-16(25)8-4-14/h1-10,17,19,32H,11-12H2,(H,26,28,31)/t17-,19-,23+/m1/s1. The van der Waals surface area contributed by atoms with Gasteiger partial charge in [-0.05, 0) is 48.5 Å². The summed E-state index contributed by atoms with van der Waals surface area (Å²) in [7, 11) is 0. The third-order valence-electron chi connectivity index (χ3n) is 5.45. The first kappa shape index (κ1) is 23.9. The van der Waals surface area contributed by atoms with Crippen molar-refractivity contribution < 1.29 is 24.2 Å². The molecule has 0 bridgehead atoms. The molecule has 0 amide bonds. The molecule has 1 aliphatic heterocycles. The molecule has 3 aromatic rings. The number of esters is 1. The maximum atomic E-state index is 13.3. The summed E-state index contributed by atoms with van der Waals surface area (Å²) in [6, 6.07) is 13.0. The number of ether oxygens (including phenoxy) is 2. The molecule has 2 heterocycles. The maximum absolute atomic E-state index is 13.3. The van der Waals surface area contributed by atoms with E-state index in [-0.39, 0.29) is 17.5 Å². The number of halogens is 2. The van der Waals surface area contributed by atoms with Crippen LogP contribution in [0.5, 0.6) is 0 Å². The lowest BCUT2D eigenvalue weighted by Crippen LogP contribution is -2.48. The number of carbonyl (C=O) groups excluding carboxylic acids is 2. The summed E-state index contributed by atoms with van der Waals surface area (Å²) in [4.78, 5) is 51.5. The largest absolute Gasteiger partial charge is 0.459 e. The molecule has 176 valence electrons. The molecule has 0 saturated carbocycles. The molecule has 3 atom stereocenters. The van der Waals surface area contributed by atoms with Crippen molar-refractivity contribution in [2.45, 2.75) is 24.4 Å². The van der Waals surface area contributed by atoms with Crippen LogP contribution >= 0.6 is 23.2 Å². The van der Waals surface area contributed by atoms with E-state index in [4.69, 9.17) is 32.7 Å². The summed E-state index contributed by atoms with van der Waals surface area (Å²) in [6.07, 6.45) is -1.55. The highest BCUT2D eigenvalue weighted by Crippen LogP contribution is 2.39. The van der Waals surface area contributed by atoms with Crippen LogP contribution < -0.4 is 11.2 Å².